The molecule has 0 spiro atoms. The summed E-state index contributed by atoms with van der Waals surface area (Å²) in [5.41, 5.74) is 4.36. The summed E-state index contributed by atoms with van der Waals surface area (Å²) in [5, 5.41) is 3.26. The quantitative estimate of drug-likeness (QED) is 0.723. The third kappa shape index (κ3) is 4.31. The Morgan fingerprint density at radius 1 is 0.963 bits per heavy atom. The Kier molecular flexibility index (Phi) is 5.12. The fourth-order valence-corrected chi connectivity index (χ4v) is 3.77. The molecule has 1 aliphatic rings. The van der Waals surface area contributed by atoms with Crippen molar-refractivity contribution in [1.82, 2.24) is 19.9 Å². The van der Waals surface area contributed by atoms with Gasteiger partial charge in [-0.2, -0.15) is 0 Å². The molecule has 5 nitrogen and oxygen atoms in total. The van der Waals surface area contributed by atoms with Gasteiger partial charge in [0, 0.05) is 17.9 Å². The van der Waals surface area contributed by atoms with Crippen LogP contribution < -0.4 is 5.32 Å². The summed E-state index contributed by atoms with van der Waals surface area (Å²) < 4.78 is 0. The Morgan fingerprint density at radius 2 is 1.74 bits per heavy atom. The van der Waals surface area contributed by atoms with Gasteiger partial charge in [-0.15, -0.1) is 0 Å². The van der Waals surface area contributed by atoms with Crippen LogP contribution in [0.5, 0.6) is 0 Å². The van der Waals surface area contributed by atoms with Gasteiger partial charge in [0.1, 0.15) is 5.82 Å². The van der Waals surface area contributed by atoms with Crippen molar-refractivity contribution < 1.29 is 0 Å². The highest BCUT2D eigenvalue weighted by Gasteiger charge is 2.27. The van der Waals surface area contributed by atoms with E-state index in [1.807, 2.05) is 26.0 Å². The maximum atomic E-state index is 4.87. The molecule has 3 heterocycles. The van der Waals surface area contributed by atoms with Crippen molar-refractivity contribution in [3.63, 3.8) is 0 Å². The Hall–Kier alpha value is -2.79. The van der Waals surface area contributed by atoms with Gasteiger partial charge in [-0.25, -0.2) is 15.0 Å². The molecule has 3 aromatic rings. The van der Waals surface area contributed by atoms with E-state index in [4.69, 9.17) is 4.98 Å². The molecule has 0 unspecified atom stereocenters. The Labute approximate surface area is 160 Å². The summed E-state index contributed by atoms with van der Waals surface area (Å²) in [6.07, 6.45) is 2.35. The monoisotopic (exact) mass is 359 g/mol. The molecule has 0 radical (unpaired) electrons. The zero-order chi connectivity index (χ0) is 18.6. The standard InChI is InChI=1S/C22H25N5/c1-16-14-17(2)24-22(23-16)26-21-12-6-10-19(25-21)20-11-7-13-27(20)15-18-8-4-3-5-9-18/h3-6,8-10,12,14,20H,7,11,13,15H2,1-2H3,(H,23,24,25,26)/t20-/m0/s1. The van der Waals surface area contributed by atoms with E-state index in [0.717, 1.165) is 42.4 Å². The molecule has 1 N–H and O–H groups in total. The third-order valence-corrected chi connectivity index (χ3v) is 4.93. The van der Waals surface area contributed by atoms with Gasteiger partial charge in [-0.05, 0) is 57.0 Å². The number of rotatable bonds is 5. The highest BCUT2D eigenvalue weighted by molar-refractivity contribution is 5.48. The van der Waals surface area contributed by atoms with E-state index in [1.165, 1.54) is 12.0 Å². The molecule has 1 aromatic carbocycles. The van der Waals surface area contributed by atoms with Crippen LogP contribution in [0.2, 0.25) is 0 Å². The lowest BCUT2D eigenvalue weighted by atomic mass is 10.1. The van der Waals surface area contributed by atoms with Crippen molar-refractivity contribution in [2.45, 2.75) is 39.3 Å². The number of hydrogen-bond acceptors (Lipinski definition) is 5. The summed E-state index contributed by atoms with van der Waals surface area (Å²) in [4.78, 5) is 16.3. The first-order valence-corrected chi connectivity index (χ1v) is 9.51. The Bertz CT molecular complexity index is 889. The molecule has 1 fully saturated rings. The summed E-state index contributed by atoms with van der Waals surface area (Å²) in [5.74, 6) is 1.40. The van der Waals surface area contributed by atoms with Crippen LogP contribution in [0.1, 0.15) is 41.5 Å². The van der Waals surface area contributed by atoms with Crippen LogP contribution >= 0.6 is 0 Å². The number of pyridine rings is 1. The molecular formula is C22H25N5. The van der Waals surface area contributed by atoms with Gasteiger partial charge in [-0.3, -0.25) is 4.90 Å². The molecule has 1 atom stereocenters. The predicted octanol–water partition coefficient (Wildman–Crippen LogP) is 4.57. The lowest BCUT2D eigenvalue weighted by molar-refractivity contribution is 0.244. The summed E-state index contributed by atoms with van der Waals surface area (Å²) >= 11 is 0. The third-order valence-electron chi connectivity index (χ3n) is 4.93. The van der Waals surface area contributed by atoms with Crippen LogP contribution in [-0.4, -0.2) is 26.4 Å². The molecule has 138 valence electrons. The number of aromatic nitrogens is 3. The molecule has 1 saturated heterocycles. The molecule has 2 aromatic heterocycles. The Balaban J connectivity index is 1.52. The first-order chi connectivity index (χ1) is 13.2. The van der Waals surface area contributed by atoms with Gasteiger partial charge in [0.2, 0.25) is 5.95 Å². The van der Waals surface area contributed by atoms with E-state index >= 15 is 0 Å². The van der Waals surface area contributed by atoms with E-state index in [2.05, 4.69) is 62.6 Å². The van der Waals surface area contributed by atoms with Crippen LogP contribution in [0.3, 0.4) is 0 Å². The topological polar surface area (TPSA) is 53.9 Å². The molecular weight excluding hydrogens is 334 g/mol. The highest BCUT2D eigenvalue weighted by Crippen LogP contribution is 2.32. The average molecular weight is 359 g/mol. The van der Waals surface area contributed by atoms with Crippen molar-refractivity contribution in [2.75, 3.05) is 11.9 Å². The van der Waals surface area contributed by atoms with Crippen molar-refractivity contribution in [2.24, 2.45) is 0 Å². The fourth-order valence-electron chi connectivity index (χ4n) is 3.77. The molecule has 27 heavy (non-hydrogen) atoms. The number of benzene rings is 1. The number of likely N-dealkylation sites (tertiary alicyclic amines) is 1. The van der Waals surface area contributed by atoms with E-state index in [-0.39, 0.29) is 0 Å². The Morgan fingerprint density at radius 3 is 2.52 bits per heavy atom. The molecule has 4 rings (SSSR count). The van der Waals surface area contributed by atoms with Crippen molar-refractivity contribution in [3.8, 4) is 0 Å². The average Bonchev–Trinajstić information content (AvgIpc) is 3.10. The van der Waals surface area contributed by atoms with Gasteiger partial charge >= 0.3 is 0 Å². The van der Waals surface area contributed by atoms with Crippen LogP contribution in [0, 0.1) is 13.8 Å². The largest absolute Gasteiger partial charge is 0.309 e. The van der Waals surface area contributed by atoms with E-state index in [1.54, 1.807) is 0 Å². The molecule has 0 bridgehead atoms. The minimum atomic E-state index is 0.354. The zero-order valence-electron chi connectivity index (χ0n) is 15.9. The second-order valence-corrected chi connectivity index (χ2v) is 7.16. The number of nitrogens with one attached hydrogen (secondary N) is 1. The number of aryl methyl sites for hydroxylation is 2. The van der Waals surface area contributed by atoms with Gasteiger partial charge in [-0.1, -0.05) is 36.4 Å². The van der Waals surface area contributed by atoms with E-state index in [0.29, 0.717) is 12.0 Å². The first kappa shape index (κ1) is 17.6. The van der Waals surface area contributed by atoms with Crippen molar-refractivity contribution >= 4 is 11.8 Å². The molecule has 5 heteroatoms. The summed E-state index contributed by atoms with van der Waals surface area (Å²) in [6, 6.07) is 19.1. The first-order valence-electron chi connectivity index (χ1n) is 9.51. The van der Waals surface area contributed by atoms with E-state index in [9.17, 15) is 0 Å². The summed E-state index contributed by atoms with van der Waals surface area (Å²) in [7, 11) is 0. The maximum absolute atomic E-state index is 4.87. The number of hydrogen-bond donors (Lipinski definition) is 1. The second-order valence-electron chi connectivity index (χ2n) is 7.16. The van der Waals surface area contributed by atoms with Gasteiger partial charge in [0.15, 0.2) is 0 Å². The minimum absolute atomic E-state index is 0.354. The predicted molar refractivity (Wildman–Crippen MR) is 108 cm³/mol. The van der Waals surface area contributed by atoms with Crippen LogP contribution in [0.15, 0.2) is 54.6 Å². The zero-order valence-corrected chi connectivity index (χ0v) is 15.9. The SMILES string of the molecule is Cc1cc(C)nc(Nc2cccc([C@@H]3CCCN3Cc3ccccc3)n2)n1. The minimum Gasteiger partial charge on any atom is -0.309 e. The number of nitrogens with zero attached hydrogens (tertiary/aromatic N) is 4. The van der Waals surface area contributed by atoms with Gasteiger partial charge < -0.3 is 5.32 Å². The van der Waals surface area contributed by atoms with Crippen LogP contribution in [0.25, 0.3) is 0 Å². The molecule has 0 saturated carbocycles. The lowest BCUT2D eigenvalue weighted by Gasteiger charge is -2.24. The van der Waals surface area contributed by atoms with Crippen LogP contribution in [-0.2, 0) is 6.54 Å². The summed E-state index contributed by atoms with van der Waals surface area (Å²) in [6.45, 7) is 6.03. The highest BCUT2D eigenvalue weighted by atomic mass is 15.2. The molecule has 0 amide bonds. The smallest absolute Gasteiger partial charge is 0.228 e. The lowest BCUT2D eigenvalue weighted by Crippen LogP contribution is -2.23. The normalized spacial score (nSPS) is 17.2. The van der Waals surface area contributed by atoms with Crippen molar-refractivity contribution in [3.05, 3.63) is 77.2 Å². The maximum Gasteiger partial charge on any atom is 0.228 e. The fraction of sp³-hybridized carbons (Fsp3) is 0.318. The molecule has 0 aliphatic carbocycles. The second kappa shape index (κ2) is 7.84. The van der Waals surface area contributed by atoms with Crippen molar-refractivity contribution in [1.29, 1.82) is 0 Å². The molecule has 1 aliphatic heterocycles. The van der Waals surface area contributed by atoms with Gasteiger partial charge in [0.25, 0.3) is 0 Å². The number of anilines is 2. The van der Waals surface area contributed by atoms with E-state index < -0.39 is 0 Å². The van der Waals surface area contributed by atoms with Gasteiger partial charge in [0.05, 0.1) is 11.7 Å². The van der Waals surface area contributed by atoms with Crippen LogP contribution in [0.4, 0.5) is 11.8 Å².